The standard InChI is InChI=1S/C12H17ClFNO/c1-15-8-3-2-4-9-16-11-7-5-6-10(13)12(11)14/h5-7,15H,2-4,8-9H2,1H3. The van der Waals surface area contributed by atoms with Crippen molar-refractivity contribution in [3.05, 3.63) is 29.0 Å². The van der Waals surface area contributed by atoms with Crippen LogP contribution < -0.4 is 10.1 Å². The van der Waals surface area contributed by atoms with E-state index in [-0.39, 0.29) is 10.8 Å². The quantitative estimate of drug-likeness (QED) is 0.745. The largest absolute Gasteiger partial charge is 0.490 e. The van der Waals surface area contributed by atoms with Crippen molar-refractivity contribution in [3.8, 4) is 5.75 Å². The Kier molecular flexibility index (Phi) is 6.19. The second kappa shape index (κ2) is 7.47. The summed E-state index contributed by atoms with van der Waals surface area (Å²) in [4.78, 5) is 0. The second-order valence-electron chi connectivity index (χ2n) is 3.56. The highest BCUT2D eigenvalue weighted by Gasteiger charge is 2.06. The third kappa shape index (κ3) is 4.37. The molecule has 16 heavy (non-hydrogen) atoms. The Balaban J connectivity index is 2.24. The first-order chi connectivity index (χ1) is 7.75. The van der Waals surface area contributed by atoms with E-state index < -0.39 is 5.82 Å². The van der Waals surface area contributed by atoms with E-state index in [4.69, 9.17) is 16.3 Å². The molecule has 0 bridgehead atoms. The van der Waals surface area contributed by atoms with E-state index in [2.05, 4.69) is 5.32 Å². The molecule has 1 aromatic carbocycles. The summed E-state index contributed by atoms with van der Waals surface area (Å²) < 4.78 is 18.7. The van der Waals surface area contributed by atoms with Gasteiger partial charge in [-0.05, 0) is 45.0 Å². The summed E-state index contributed by atoms with van der Waals surface area (Å²) in [6, 6.07) is 4.78. The van der Waals surface area contributed by atoms with Gasteiger partial charge < -0.3 is 10.1 Å². The van der Waals surface area contributed by atoms with E-state index in [0.29, 0.717) is 6.61 Å². The maximum absolute atomic E-state index is 13.4. The lowest BCUT2D eigenvalue weighted by atomic mass is 10.2. The molecule has 0 unspecified atom stereocenters. The normalized spacial score (nSPS) is 10.4. The maximum atomic E-state index is 13.4. The SMILES string of the molecule is CNCCCCCOc1cccc(Cl)c1F. The summed E-state index contributed by atoms with van der Waals surface area (Å²) in [5, 5.41) is 3.18. The van der Waals surface area contributed by atoms with Crippen molar-refractivity contribution in [2.75, 3.05) is 20.2 Å². The average molecular weight is 246 g/mol. The highest BCUT2D eigenvalue weighted by atomic mass is 35.5. The van der Waals surface area contributed by atoms with Crippen molar-refractivity contribution in [2.24, 2.45) is 0 Å². The minimum Gasteiger partial charge on any atom is -0.490 e. The summed E-state index contributed by atoms with van der Waals surface area (Å²) in [5.41, 5.74) is 0. The number of ether oxygens (including phenoxy) is 1. The molecule has 0 aliphatic carbocycles. The molecular formula is C12H17ClFNO. The molecule has 1 rings (SSSR count). The highest BCUT2D eigenvalue weighted by Crippen LogP contribution is 2.24. The third-order valence-electron chi connectivity index (χ3n) is 2.24. The molecule has 0 fully saturated rings. The molecule has 0 atom stereocenters. The van der Waals surface area contributed by atoms with Crippen molar-refractivity contribution in [3.63, 3.8) is 0 Å². The van der Waals surface area contributed by atoms with Crippen molar-refractivity contribution < 1.29 is 9.13 Å². The van der Waals surface area contributed by atoms with Crippen LogP contribution in [0.1, 0.15) is 19.3 Å². The number of halogens is 2. The molecule has 0 heterocycles. The molecule has 2 nitrogen and oxygen atoms in total. The van der Waals surface area contributed by atoms with Gasteiger partial charge in [0.25, 0.3) is 0 Å². The van der Waals surface area contributed by atoms with E-state index in [1.54, 1.807) is 12.1 Å². The number of benzene rings is 1. The van der Waals surface area contributed by atoms with Gasteiger partial charge in [-0.1, -0.05) is 17.7 Å². The van der Waals surface area contributed by atoms with Crippen LogP contribution >= 0.6 is 11.6 Å². The number of rotatable bonds is 7. The van der Waals surface area contributed by atoms with Crippen LogP contribution in [-0.4, -0.2) is 20.2 Å². The lowest BCUT2D eigenvalue weighted by Crippen LogP contribution is -2.08. The first-order valence-corrected chi connectivity index (χ1v) is 5.85. The molecule has 0 amide bonds. The lowest BCUT2D eigenvalue weighted by Gasteiger charge is -2.07. The van der Waals surface area contributed by atoms with E-state index in [0.717, 1.165) is 25.8 Å². The minimum absolute atomic E-state index is 0.104. The van der Waals surface area contributed by atoms with Gasteiger partial charge in [0.2, 0.25) is 0 Å². The zero-order valence-corrected chi connectivity index (χ0v) is 10.2. The number of unbranched alkanes of at least 4 members (excludes halogenated alkanes) is 2. The average Bonchev–Trinajstić information content (AvgIpc) is 2.29. The Labute approximate surface area is 101 Å². The molecule has 0 saturated heterocycles. The molecule has 1 N–H and O–H groups in total. The first-order valence-electron chi connectivity index (χ1n) is 5.47. The van der Waals surface area contributed by atoms with Crippen molar-refractivity contribution in [2.45, 2.75) is 19.3 Å². The van der Waals surface area contributed by atoms with Crippen LogP contribution in [0.2, 0.25) is 5.02 Å². The Morgan fingerprint density at radius 2 is 2.12 bits per heavy atom. The summed E-state index contributed by atoms with van der Waals surface area (Å²) in [6.45, 7) is 1.53. The summed E-state index contributed by atoms with van der Waals surface area (Å²) in [7, 11) is 1.93. The predicted molar refractivity (Wildman–Crippen MR) is 64.7 cm³/mol. The second-order valence-corrected chi connectivity index (χ2v) is 3.97. The van der Waals surface area contributed by atoms with Crippen molar-refractivity contribution in [1.29, 1.82) is 0 Å². The zero-order valence-electron chi connectivity index (χ0n) is 9.43. The Morgan fingerprint density at radius 1 is 1.31 bits per heavy atom. The van der Waals surface area contributed by atoms with Crippen molar-refractivity contribution >= 4 is 11.6 Å². The molecule has 0 saturated carbocycles. The Morgan fingerprint density at radius 3 is 2.88 bits per heavy atom. The fraction of sp³-hybridized carbons (Fsp3) is 0.500. The van der Waals surface area contributed by atoms with E-state index in [9.17, 15) is 4.39 Å². The summed E-state index contributed by atoms with van der Waals surface area (Å²) in [5.74, 6) is -0.236. The zero-order chi connectivity index (χ0) is 11.8. The molecule has 4 heteroatoms. The lowest BCUT2D eigenvalue weighted by molar-refractivity contribution is 0.290. The third-order valence-corrected chi connectivity index (χ3v) is 2.54. The van der Waals surface area contributed by atoms with E-state index >= 15 is 0 Å². The molecule has 0 aliphatic rings. The van der Waals surface area contributed by atoms with Crippen molar-refractivity contribution in [1.82, 2.24) is 5.32 Å². The van der Waals surface area contributed by atoms with Crippen LogP contribution in [0.25, 0.3) is 0 Å². The predicted octanol–water partition coefficient (Wildman–Crippen LogP) is 3.25. The number of hydrogen-bond acceptors (Lipinski definition) is 2. The van der Waals surface area contributed by atoms with Gasteiger partial charge in [-0.3, -0.25) is 0 Å². The monoisotopic (exact) mass is 245 g/mol. The van der Waals surface area contributed by atoms with Gasteiger partial charge in [-0.15, -0.1) is 0 Å². The smallest absolute Gasteiger partial charge is 0.183 e. The minimum atomic E-state index is -0.473. The van der Waals surface area contributed by atoms with E-state index in [1.165, 1.54) is 6.07 Å². The molecule has 0 aromatic heterocycles. The first kappa shape index (κ1) is 13.3. The number of nitrogens with one attached hydrogen (secondary N) is 1. The molecule has 90 valence electrons. The van der Waals surface area contributed by atoms with Crippen LogP contribution in [0.15, 0.2) is 18.2 Å². The van der Waals surface area contributed by atoms with Gasteiger partial charge in [0, 0.05) is 0 Å². The van der Waals surface area contributed by atoms with E-state index in [1.807, 2.05) is 7.05 Å². The van der Waals surface area contributed by atoms with Gasteiger partial charge in [-0.25, -0.2) is 4.39 Å². The molecular weight excluding hydrogens is 229 g/mol. The van der Waals surface area contributed by atoms with Gasteiger partial charge in [0.15, 0.2) is 11.6 Å². The summed E-state index contributed by atoms with van der Waals surface area (Å²) in [6.07, 6.45) is 3.11. The van der Waals surface area contributed by atoms with Gasteiger partial charge in [0.1, 0.15) is 0 Å². The molecule has 0 spiro atoms. The van der Waals surface area contributed by atoms with Crippen LogP contribution in [0.5, 0.6) is 5.75 Å². The fourth-order valence-corrected chi connectivity index (χ4v) is 1.52. The Bertz CT molecular complexity index is 320. The maximum Gasteiger partial charge on any atom is 0.183 e. The molecule has 1 aromatic rings. The van der Waals surface area contributed by atoms with Crippen LogP contribution in [-0.2, 0) is 0 Å². The Hall–Kier alpha value is -0.800. The number of hydrogen-bond donors (Lipinski definition) is 1. The van der Waals surface area contributed by atoms with Gasteiger partial charge in [-0.2, -0.15) is 0 Å². The van der Waals surface area contributed by atoms with Gasteiger partial charge in [0.05, 0.1) is 11.6 Å². The summed E-state index contributed by atoms with van der Waals surface area (Å²) >= 11 is 5.63. The highest BCUT2D eigenvalue weighted by molar-refractivity contribution is 6.30. The van der Waals surface area contributed by atoms with Crippen LogP contribution in [0, 0.1) is 5.82 Å². The molecule has 0 aliphatic heterocycles. The fourth-order valence-electron chi connectivity index (χ4n) is 1.36. The van der Waals surface area contributed by atoms with Gasteiger partial charge >= 0.3 is 0 Å². The van der Waals surface area contributed by atoms with Crippen LogP contribution in [0.4, 0.5) is 4.39 Å². The van der Waals surface area contributed by atoms with Crippen LogP contribution in [0.3, 0.4) is 0 Å². The topological polar surface area (TPSA) is 21.3 Å². The molecule has 0 radical (unpaired) electrons.